The van der Waals surface area contributed by atoms with Crippen LogP contribution in [0.25, 0.3) is 0 Å². The Balaban J connectivity index is 2.80. The highest BCUT2D eigenvalue weighted by Gasteiger charge is 2.10. The zero-order valence-corrected chi connectivity index (χ0v) is 10.2. The number of hydrogen-bond acceptors (Lipinski definition) is 4. The van der Waals surface area contributed by atoms with Crippen molar-refractivity contribution in [3.63, 3.8) is 0 Å². The lowest BCUT2D eigenvalue weighted by Gasteiger charge is -2.15. The van der Waals surface area contributed by atoms with Gasteiger partial charge in [-0.3, -0.25) is 4.79 Å². The summed E-state index contributed by atoms with van der Waals surface area (Å²) in [5.41, 5.74) is 0.948. The normalized spacial score (nSPS) is 11.9. The third kappa shape index (κ3) is 3.64. The number of carboxylic acid groups (broad SMARTS) is 1. The summed E-state index contributed by atoms with van der Waals surface area (Å²) < 4.78 is 10.3. The summed E-state index contributed by atoms with van der Waals surface area (Å²) in [6, 6.07) is 5.44. The molecule has 1 aromatic rings. The number of aliphatic carboxylic acids is 1. The molecular formula is C12H17NO4. The fourth-order valence-corrected chi connectivity index (χ4v) is 1.48. The lowest BCUT2D eigenvalue weighted by Crippen LogP contribution is -2.25. The van der Waals surface area contributed by atoms with E-state index >= 15 is 0 Å². The van der Waals surface area contributed by atoms with Gasteiger partial charge in [-0.15, -0.1) is 0 Å². The van der Waals surface area contributed by atoms with Crippen LogP contribution in [0.15, 0.2) is 18.2 Å². The van der Waals surface area contributed by atoms with E-state index in [9.17, 15) is 4.79 Å². The predicted octanol–water partition coefficient (Wildman–Crippen LogP) is 1.44. The van der Waals surface area contributed by atoms with Crippen molar-refractivity contribution in [2.45, 2.75) is 13.0 Å². The van der Waals surface area contributed by atoms with Crippen LogP contribution in [0.5, 0.6) is 11.5 Å². The molecule has 0 amide bonds. The second-order valence-corrected chi connectivity index (χ2v) is 3.61. The predicted molar refractivity (Wildman–Crippen MR) is 63.6 cm³/mol. The van der Waals surface area contributed by atoms with Gasteiger partial charge in [0.1, 0.15) is 0 Å². The quantitative estimate of drug-likeness (QED) is 0.786. The van der Waals surface area contributed by atoms with Crippen molar-refractivity contribution in [3.8, 4) is 11.5 Å². The van der Waals surface area contributed by atoms with Gasteiger partial charge < -0.3 is 19.9 Å². The van der Waals surface area contributed by atoms with E-state index in [-0.39, 0.29) is 12.6 Å². The zero-order chi connectivity index (χ0) is 12.8. The molecule has 0 saturated heterocycles. The van der Waals surface area contributed by atoms with Gasteiger partial charge in [-0.25, -0.2) is 0 Å². The van der Waals surface area contributed by atoms with Gasteiger partial charge in [-0.05, 0) is 24.6 Å². The maximum atomic E-state index is 10.5. The average Bonchev–Trinajstić information content (AvgIpc) is 2.34. The molecule has 0 aliphatic rings. The van der Waals surface area contributed by atoms with E-state index in [1.54, 1.807) is 20.3 Å². The molecule has 2 N–H and O–H groups in total. The fraction of sp³-hybridized carbons (Fsp3) is 0.417. The standard InChI is InChI=1S/C12H17NO4/c1-8(13-7-12(14)15)9-4-5-10(16-2)11(6-9)17-3/h4-6,8,13H,7H2,1-3H3,(H,14,15). The van der Waals surface area contributed by atoms with Crippen LogP contribution in [0.3, 0.4) is 0 Å². The third-order valence-corrected chi connectivity index (χ3v) is 2.47. The number of hydrogen-bond donors (Lipinski definition) is 2. The summed E-state index contributed by atoms with van der Waals surface area (Å²) in [6.07, 6.45) is 0. The molecule has 1 unspecified atom stereocenters. The second kappa shape index (κ2) is 6.10. The first-order valence-electron chi connectivity index (χ1n) is 5.25. The molecule has 1 aromatic carbocycles. The number of methoxy groups -OCH3 is 2. The van der Waals surface area contributed by atoms with Gasteiger partial charge in [0.15, 0.2) is 11.5 Å². The van der Waals surface area contributed by atoms with E-state index in [1.807, 2.05) is 19.1 Å². The van der Waals surface area contributed by atoms with E-state index in [0.29, 0.717) is 11.5 Å². The van der Waals surface area contributed by atoms with Gasteiger partial charge in [0.05, 0.1) is 20.8 Å². The van der Waals surface area contributed by atoms with Crippen molar-refractivity contribution in [2.24, 2.45) is 0 Å². The van der Waals surface area contributed by atoms with Crippen molar-refractivity contribution in [1.29, 1.82) is 0 Å². The molecule has 1 rings (SSSR count). The maximum absolute atomic E-state index is 10.5. The van der Waals surface area contributed by atoms with Gasteiger partial charge in [0.25, 0.3) is 0 Å². The average molecular weight is 239 g/mol. The van der Waals surface area contributed by atoms with Crippen LogP contribution >= 0.6 is 0 Å². The lowest BCUT2D eigenvalue weighted by atomic mass is 10.1. The minimum atomic E-state index is -0.877. The maximum Gasteiger partial charge on any atom is 0.317 e. The summed E-state index contributed by atoms with van der Waals surface area (Å²) in [7, 11) is 3.14. The molecule has 5 heteroatoms. The molecule has 0 radical (unpaired) electrons. The van der Waals surface area contributed by atoms with E-state index in [4.69, 9.17) is 14.6 Å². The minimum Gasteiger partial charge on any atom is -0.493 e. The van der Waals surface area contributed by atoms with Crippen molar-refractivity contribution in [1.82, 2.24) is 5.32 Å². The largest absolute Gasteiger partial charge is 0.493 e. The molecule has 5 nitrogen and oxygen atoms in total. The molecule has 0 heterocycles. The molecule has 0 aliphatic heterocycles. The first-order chi connectivity index (χ1) is 8.08. The highest BCUT2D eigenvalue weighted by molar-refractivity contribution is 5.69. The lowest BCUT2D eigenvalue weighted by molar-refractivity contribution is -0.136. The first kappa shape index (κ1) is 13.3. The molecule has 1 atom stereocenters. The molecule has 0 fully saturated rings. The van der Waals surface area contributed by atoms with Crippen molar-refractivity contribution in [3.05, 3.63) is 23.8 Å². The molecule has 0 saturated carbocycles. The van der Waals surface area contributed by atoms with E-state index in [0.717, 1.165) is 5.56 Å². The summed E-state index contributed by atoms with van der Waals surface area (Å²) in [5, 5.41) is 11.5. The van der Waals surface area contributed by atoms with Gasteiger partial charge in [-0.1, -0.05) is 6.07 Å². The van der Waals surface area contributed by atoms with Crippen molar-refractivity contribution < 1.29 is 19.4 Å². The summed E-state index contributed by atoms with van der Waals surface area (Å²) in [4.78, 5) is 10.5. The van der Waals surface area contributed by atoms with Gasteiger partial charge in [0.2, 0.25) is 0 Å². The highest BCUT2D eigenvalue weighted by Crippen LogP contribution is 2.29. The van der Waals surface area contributed by atoms with Crippen molar-refractivity contribution in [2.75, 3.05) is 20.8 Å². The Morgan fingerprint density at radius 3 is 2.53 bits per heavy atom. The van der Waals surface area contributed by atoms with E-state index in [2.05, 4.69) is 5.32 Å². The Morgan fingerprint density at radius 1 is 1.35 bits per heavy atom. The van der Waals surface area contributed by atoms with Crippen LogP contribution in [0.1, 0.15) is 18.5 Å². The summed E-state index contributed by atoms with van der Waals surface area (Å²) in [6.45, 7) is 1.82. The van der Waals surface area contributed by atoms with Gasteiger partial charge >= 0.3 is 5.97 Å². The van der Waals surface area contributed by atoms with Gasteiger partial charge in [0, 0.05) is 6.04 Å². The van der Waals surface area contributed by atoms with Crippen LogP contribution in [-0.2, 0) is 4.79 Å². The SMILES string of the molecule is COc1ccc(C(C)NCC(=O)O)cc1OC. The Kier molecular flexibility index (Phi) is 4.78. The van der Waals surface area contributed by atoms with Crippen LogP contribution in [-0.4, -0.2) is 31.8 Å². The van der Waals surface area contributed by atoms with Crippen LogP contribution < -0.4 is 14.8 Å². The Labute approximate surface area is 100 Å². The Morgan fingerprint density at radius 2 is 2.00 bits per heavy atom. The molecule has 0 aliphatic carbocycles. The molecule has 94 valence electrons. The van der Waals surface area contributed by atoms with Crippen molar-refractivity contribution >= 4 is 5.97 Å². The Hall–Kier alpha value is -1.75. The summed E-state index contributed by atoms with van der Waals surface area (Å²) >= 11 is 0. The minimum absolute atomic E-state index is 0.0640. The fourth-order valence-electron chi connectivity index (χ4n) is 1.48. The molecule has 17 heavy (non-hydrogen) atoms. The molecule has 0 aromatic heterocycles. The molecule has 0 bridgehead atoms. The number of benzene rings is 1. The monoisotopic (exact) mass is 239 g/mol. The third-order valence-electron chi connectivity index (χ3n) is 2.47. The smallest absolute Gasteiger partial charge is 0.317 e. The summed E-state index contributed by atoms with van der Waals surface area (Å²) in [5.74, 6) is 0.410. The first-order valence-corrected chi connectivity index (χ1v) is 5.25. The van der Waals surface area contributed by atoms with E-state index in [1.165, 1.54) is 0 Å². The van der Waals surface area contributed by atoms with Crippen LogP contribution in [0.2, 0.25) is 0 Å². The topological polar surface area (TPSA) is 67.8 Å². The van der Waals surface area contributed by atoms with Crippen LogP contribution in [0, 0.1) is 0 Å². The molecular weight excluding hydrogens is 222 g/mol. The molecule has 0 spiro atoms. The van der Waals surface area contributed by atoms with E-state index < -0.39 is 5.97 Å². The highest BCUT2D eigenvalue weighted by atomic mass is 16.5. The number of ether oxygens (including phenoxy) is 2. The number of carboxylic acids is 1. The number of rotatable bonds is 6. The number of nitrogens with one attached hydrogen (secondary N) is 1. The number of carbonyl (C=O) groups is 1. The van der Waals surface area contributed by atoms with Gasteiger partial charge in [-0.2, -0.15) is 0 Å². The Bertz CT molecular complexity index is 392. The second-order valence-electron chi connectivity index (χ2n) is 3.61. The zero-order valence-electron chi connectivity index (χ0n) is 10.2. The van der Waals surface area contributed by atoms with Crippen LogP contribution in [0.4, 0.5) is 0 Å².